The van der Waals surface area contributed by atoms with Gasteiger partial charge in [0.1, 0.15) is 11.5 Å². The van der Waals surface area contributed by atoms with Crippen LogP contribution in [0.15, 0.2) is 48.5 Å². The van der Waals surface area contributed by atoms with Crippen LogP contribution in [-0.2, 0) is 4.79 Å². The molecule has 0 fully saturated rings. The third-order valence-corrected chi connectivity index (χ3v) is 4.08. The summed E-state index contributed by atoms with van der Waals surface area (Å²) in [5.74, 6) is 1.87. The Balaban J connectivity index is 1.87. The van der Waals surface area contributed by atoms with Crippen molar-refractivity contribution in [3.8, 4) is 11.5 Å². The van der Waals surface area contributed by atoms with Gasteiger partial charge < -0.3 is 14.8 Å². The molecular formula is C21H27NO3. The smallest absolute Gasteiger partial charge is 0.223 e. The zero-order chi connectivity index (χ0) is 18.2. The van der Waals surface area contributed by atoms with E-state index in [1.54, 1.807) is 7.11 Å². The number of hydrogen-bond donors (Lipinski definition) is 1. The number of ether oxygens (including phenoxy) is 2. The monoisotopic (exact) mass is 341 g/mol. The highest BCUT2D eigenvalue weighted by atomic mass is 16.5. The van der Waals surface area contributed by atoms with E-state index < -0.39 is 0 Å². The van der Waals surface area contributed by atoms with Gasteiger partial charge in [0.25, 0.3) is 0 Å². The highest BCUT2D eigenvalue weighted by Gasteiger charge is 2.18. The number of hydrogen-bond acceptors (Lipinski definition) is 3. The number of benzene rings is 2. The molecule has 0 aliphatic carbocycles. The maximum absolute atomic E-state index is 12.3. The van der Waals surface area contributed by atoms with Crippen LogP contribution >= 0.6 is 0 Å². The summed E-state index contributed by atoms with van der Waals surface area (Å²) in [4.78, 5) is 12.3. The zero-order valence-corrected chi connectivity index (χ0v) is 15.4. The van der Waals surface area contributed by atoms with Crippen LogP contribution in [0.1, 0.15) is 37.4 Å². The zero-order valence-electron chi connectivity index (χ0n) is 15.4. The molecule has 0 aromatic heterocycles. The lowest BCUT2D eigenvalue weighted by Crippen LogP contribution is -2.32. The normalized spacial score (nSPS) is 11.9. The van der Waals surface area contributed by atoms with Crippen LogP contribution in [0.5, 0.6) is 11.5 Å². The molecule has 0 saturated heterocycles. The maximum Gasteiger partial charge on any atom is 0.223 e. The predicted molar refractivity (Wildman–Crippen MR) is 100 cm³/mol. The molecule has 0 radical (unpaired) electrons. The molecule has 1 unspecified atom stereocenters. The average molecular weight is 341 g/mol. The third-order valence-electron chi connectivity index (χ3n) is 4.08. The molecule has 0 heterocycles. The van der Waals surface area contributed by atoms with E-state index >= 15 is 0 Å². The predicted octanol–water partition coefficient (Wildman–Crippen LogP) is 4.29. The summed E-state index contributed by atoms with van der Waals surface area (Å²) in [5.41, 5.74) is 2.26. The van der Waals surface area contributed by atoms with Gasteiger partial charge in [-0.3, -0.25) is 4.79 Å². The van der Waals surface area contributed by atoms with Crippen molar-refractivity contribution in [1.82, 2.24) is 5.32 Å². The van der Waals surface area contributed by atoms with E-state index in [9.17, 15) is 4.79 Å². The summed E-state index contributed by atoms with van der Waals surface area (Å²) < 4.78 is 10.8. The van der Waals surface area contributed by atoms with Crippen LogP contribution in [0, 0.1) is 12.8 Å². The van der Waals surface area contributed by atoms with Gasteiger partial charge in [-0.15, -0.1) is 0 Å². The first-order valence-electron chi connectivity index (χ1n) is 8.62. The number of amides is 1. The van der Waals surface area contributed by atoms with Crippen LogP contribution in [0.25, 0.3) is 0 Å². The molecule has 4 heteroatoms. The molecular weight excluding hydrogens is 314 g/mol. The molecule has 1 atom stereocenters. The summed E-state index contributed by atoms with van der Waals surface area (Å²) in [5, 5.41) is 3.11. The molecule has 0 bridgehead atoms. The van der Waals surface area contributed by atoms with Crippen molar-refractivity contribution in [2.24, 2.45) is 5.92 Å². The van der Waals surface area contributed by atoms with Crippen molar-refractivity contribution in [2.45, 2.75) is 33.2 Å². The minimum atomic E-state index is -0.0298. The van der Waals surface area contributed by atoms with Crippen molar-refractivity contribution in [2.75, 3.05) is 13.7 Å². The van der Waals surface area contributed by atoms with Gasteiger partial charge in [0.2, 0.25) is 5.91 Å². The van der Waals surface area contributed by atoms with Gasteiger partial charge in [0.05, 0.1) is 26.2 Å². The van der Waals surface area contributed by atoms with E-state index in [1.807, 2.05) is 55.5 Å². The number of carbonyl (C=O) groups excluding carboxylic acids is 1. The Morgan fingerprint density at radius 2 is 1.60 bits per heavy atom. The lowest BCUT2D eigenvalue weighted by molar-refractivity contribution is -0.122. The van der Waals surface area contributed by atoms with Crippen molar-refractivity contribution in [3.05, 3.63) is 59.7 Å². The lowest BCUT2D eigenvalue weighted by Gasteiger charge is -2.23. The van der Waals surface area contributed by atoms with Gasteiger partial charge in [-0.2, -0.15) is 0 Å². The molecule has 0 aliphatic heterocycles. The summed E-state index contributed by atoms with van der Waals surface area (Å²) in [7, 11) is 1.64. The van der Waals surface area contributed by atoms with E-state index in [-0.39, 0.29) is 17.9 Å². The number of aryl methyl sites for hydroxylation is 1. The molecule has 2 aromatic carbocycles. The standard InChI is InChI=1S/C21H27NO3/c1-15(2)21(17-7-11-18(24-4)12-8-17)22-20(23)13-14-25-19-9-5-16(3)6-10-19/h5-12,15,21H,13-14H2,1-4H3,(H,22,23). The van der Waals surface area contributed by atoms with E-state index in [0.717, 1.165) is 17.1 Å². The second-order valence-electron chi connectivity index (χ2n) is 6.47. The fourth-order valence-electron chi connectivity index (χ4n) is 2.59. The fraction of sp³-hybridized carbons (Fsp3) is 0.381. The second-order valence-corrected chi connectivity index (χ2v) is 6.47. The molecule has 1 N–H and O–H groups in total. The number of methoxy groups -OCH3 is 1. The fourth-order valence-corrected chi connectivity index (χ4v) is 2.59. The summed E-state index contributed by atoms with van der Waals surface area (Å²) in [6.07, 6.45) is 0.327. The van der Waals surface area contributed by atoms with Gasteiger partial charge in [-0.05, 0) is 42.7 Å². The van der Waals surface area contributed by atoms with Crippen LogP contribution in [0.4, 0.5) is 0 Å². The maximum atomic E-state index is 12.3. The average Bonchev–Trinajstić information content (AvgIpc) is 2.61. The number of rotatable bonds is 8. The van der Waals surface area contributed by atoms with Gasteiger partial charge >= 0.3 is 0 Å². The van der Waals surface area contributed by atoms with E-state index in [2.05, 4.69) is 19.2 Å². The van der Waals surface area contributed by atoms with Crippen molar-refractivity contribution in [3.63, 3.8) is 0 Å². The molecule has 0 aliphatic rings. The molecule has 25 heavy (non-hydrogen) atoms. The third kappa shape index (κ3) is 5.82. The first-order chi connectivity index (χ1) is 12.0. The van der Waals surface area contributed by atoms with Crippen LogP contribution < -0.4 is 14.8 Å². The Morgan fingerprint density at radius 1 is 1.00 bits per heavy atom. The van der Waals surface area contributed by atoms with E-state index in [0.29, 0.717) is 13.0 Å². The van der Waals surface area contributed by atoms with E-state index in [1.165, 1.54) is 5.56 Å². The minimum absolute atomic E-state index is 0.0124. The van der Waals surface area contributed by atoms with Gasteiger partial charge in [0.15, 0.2) is 0 Å². The summed E-state index contributed by atoms with van der Waals surface area (Å²) in [6.45, 7) is 6.58. The summed E-state index contributed by atoms with van der Waals surface area (Å²) in [6, 6.07) is 15.6. The van der Waals surface area contributed by atoms with Crippen LogP contribution in [0.2, 0.25) is 0 Å². The Labute approximate surface area is 150 Å². The Hall–Kier alpha value is -2.49. The minimum Gasteiger partial charge on any atom is -0.497 e. The molecule has 1 amide bonds. The highest BCUT2D eigenvalue weighted by molar-refractivity contribution is 5.76. The summed E-state index contributed by atoms with van der Waals surface area (Å²) >= 11 is 0. The second kappa shape index (κ2) is 9.11. The SMILES string of the molecule is COc1ccc(C(NC(=O)CCOc2ccc(C)cc2)C(C)C)cc1. The lowest BCUT2D eigenvalue weighted by atomic mass is 9.96. The van der Waals surface area contributed by atoms with Gasteiger partial charge in [0, 0.05) is 0 Å². The topological polar surface area (TPSA) is 47.6 Å². The molecule has 134 valence electrons. The first kappa shape index (κ1) is 18.8. The number of nitrogens with one attached hydrogen (secondary N) is 1. The molecule has 0 saturated carbocycles. The molecule has 0 spiro atoms. The van der Waals surface area contributed by atoms with E-state index in [4.69, 9.17) is 9.47 Å². The number of carbonyl (C=O) groups is 1. The van der Waals surface area contributed by atoms with Crippen LogP contribution in [-0.4, -0.2) is 19.6 Å². The van der Waals surface area contributed by atoms with Gasteiger partial charge in [-0.1, -0.05) is 43.7 Å². The Kier molecular flexibility index (Phi) is 6.87. The Bertz CT molecular complexity index is 663. The first-order valence-corrected chi connectivity index (χ1v) is 8.62. The molecule has 4 nitrogen and oxygen atoms in total. The van der Waals surface area contributed by atoms with Crippen LogP contribution in [0.3, 0.4) is 0 Å². The molecule has 2 rings (SSSR count). The largest absolute Gasteiger partial charge is 0.497 e. The van der Waals surface area contributed by atoms with Crippen molar-refractivity contribution >= 4 is 5.91 Å². The quantitative estimate of drug-likeness (QED) is 0.779. The Morgan fingerprint density at radius 3 is 2.16 bits per heavy atom. The van der Waals surface area contributed by atoms with Gasteiger partial charge in [-0.25, -0.2) is 0 Å². The van der Waals surface area contributed by atoms with Crippen molar-refractivity contribution in [1.29, 1.82) is 0 Å². The molecule has 2 aromatic rings. The van der Waals surface area contributed by atoms with Crippen molar-refractivity contribution < 1.29 is 14.3 Å². The highest BCUT2D eigenvalue weighted by Crippen LogP contribution is 2.24.